The summed E-state index contributed by atoms with van der Waals surface area (Å²) in [5.74, 6) is 0.263. The second-order valence-electron chi connectivity index (χ2n) is 6.79. The number of rotatable bonds is 5. The Labute approximate surface area is 158 Å². The number of pyridine rings is 1. The Bertz CT molecular complexity index is 928. The molecule has 0 saturated heterocycles. The predicted molar refractivity (Wildman–Crippen MR) is 106 cm³/mol. The SMILES string of the molecule is O=C(NCc1ccc(-c2[nH]ncc2-c2ccncc2)cc1)[C@@H]1CC=CCC1. The molecule has 27 heavy (non-hydrogen) atoms. The van der Waals surface area contributed by atoms with Gasteiger partial charge in [-0.1, -0.05) is 36.4 Å². The molecule has 2 N–H and O–H groups in total. The number of allylic oxidation sites excluding steroid dienone is 2. The Kier molecular flexibility index (Phi) is 5.10. The molecule has 5 heteroatoms. The van der Waals surface area contributed by atoms with E-state index in [1.165, 1.54) is 0 Å². The van der Waals surface area contributed by atoms with Crippen LogP contribution in [0.3, 0.4) is 0 Å². The van der Waals surface area contributed by atoms with Crippen molar-refractivity contribution in [1.29, 1.82) is 0 Å². The molecule has 136 valence electrons. The van der Waals surface area contributed by atoms with Gasteiger partial charge < -0.3 is 5.32 Å². The zero-order valence-electron chi connectivity index (χ0n) is 15.1. The van der Waals surface area contributed by atoms with Gasteiger partial charge in [-0.2, -0.15) is 5.10 Å². The van der Waals surface area contributed by atoms with Crippen LogP contribution in [0.15, 0.2) is 67.1 Å². The molecule has 1 aliphatic carbocycles. The molecular weight excluding hydrogens is 336 g/mol. The molecule has 0 unspecified atom stereocenters. The normalized spacial score (nSPS) is 16.2. The predicted octanol–water partition coefficient (Wildman–Crippen LogP) is 4.11. The summed E-state index contributed by atoms with van der Waals surface area (Å²) in [7, 11) is 0. The maximum Gasteiger partial charge on any atom is 0.223 e. The van der Waals surface area contributed by atoms with Crippen molar-refractivity contribution >= 4 is 5.91 Å². The van der Waals surface area contributed by atoms with Crippen LogP contribution in [0.1, 0.15) is 24.8 Å². The molecule has 5 nitrogen and oxygen atoms in total. The van der Waals surface area contributed by atoms with Crippen molar-refractivity contribution < 1.29 is 4.79 Å². The molecule has 0 fully saturated rings. The van der Waals surface area contributed by atoms with Gasteiger partial charge in [0.25, 0.3) is 0 Å². The number of aromatic nitrogens is 3. The van der Waals surface area contributed by atoms with Crippen LogP contribution in [0.25, 0.3) is 22.4 Å². The lowest BCUT2D eigenvalue weighted by Crippen LogP contribution is -2.30. The molecular formula is C22H22N4O. The van der Waals surface area contributed by atoms with E-state index < -0.39 is 0 Å². The minimum absolute atomic E-state index is 0.113. The number of hydrogen-bond donors (Lipinski definition) is 2. The second-order valence-corrected chi connectivity index (χ2v) is 6.79. The van der Waals surface area contributed by atoms with E-state index in [0.29, 0.717) is 6.54 Å². The molecule has 1 amide bonds. The van der Waals surface area contributed by atoms with Gasteiger partial charge in [0, 0.05) is 36.0 Å². The Balaban J connectivity index is 1.43. The van der Waals surface area contributed by atoms with Crippen LogP contribution in [0, 0.1) is 5.92 Å². The van der Waals surface area contributed by atoms with Crippen LogP contribution < -0.4 is 5.32 Å². The van der Waals surface area contributed by atoms with Crippen molar-refractivity contribution in [2.45, 2.75) is 25.8 Å². The summed E-state index contributed by atoms with van der Waals surface area (Å²) in [5, 5.41) is 10.3. The Morgan fingerprint density at radius 1 is 1.07 bits per heavy atom. The summed E-state index contributed by atoms with van der Waals surface area (Å²) >= 11 is 0. The quantitative estimate of drug-likeness (QED) is 0.674. The lowest BCUT2D eigenvalue weighted by atomic mass is 9.93. The van der Waals surface area contributed by atoms with Crippen LogP contribution in [0.2, 0.25) is 0 Å². The summed E-state index contributed by atoms with van der Waals surface area (Å²) in [4.78, 5) is 16.3. The average Bonchev–Trinajstić information content (AvgIpc) is 3.23. The fraction of sp³-hybridized carbons (Fsp3) is 0.227. The molecule has 0 saturated carbocycles. The molecule has 0 radical (unpaired) electrons. The lowest BCUT2D eigenvalue weighted by molar-refractivity contribution is -0.125. The van der Waals surface area contributed by atoms with Gasteiger partial charge in [0.05, 0.1) is 11.9 Å². The molecule has 2 aromatic heterocycles. The molecule has 3 aromatic rings. The summed E-state index contributed by atoms with van der Waals surface area (Å²) in [5.41, 5.74) is 5.25. The second kappa shape index (κ2) is 7.99. The first-order chi connectivity index (χ1) is 13.3. The molecule has 0 bridgehead atoms. The number of H-pyrrole nitrogens is 1. The lowest BCUT2D eigenvalue weighted by Gasteiger charge is -2.17. The van der Waals surface area contributed by atoms with Gasteiger partial charge in [0.15, 0.2) is 0 Å². The summed E-state index contributed by atoms with van der Waals surface area (Å²) in [6.45, 7) is 0.555. The number of benzene rings is 1. The Morgan fingerprint density at radius 2 is 1.89 bits per heavy atom. The van der Waals surface area contributed by atoms with E-state index in [4.69, 9.17) is 0 Å². The maximum absolute atomic E-state index is 12.3. The third kappa shape index (κ3) is 3.97. The highest BCUT2D eigenvalue weighted by Crippen LogP contribution is 2.29. The third-order valence-electron chi connectivity index (χ3n) is 4.98. The molecule has 1 aliphatic rings. The first-order valence-corrected chi connectivity index (χ1v) is 9.27. The van der Waals surface area contributed by atoms with E-state index in [2.05, 4.69) is 44.8 Å². The minimum atomic E-state index is 0.113. The fourth-order valence-electron chi connectivity index (χ4n) is 3.41. The van der Waals surface area contributed by atoms with Crippen molar-refractivity contribution in [3.05, 3.63) is 72.7 Å². The van der Waals surface area contributed by atoms with E-state index in [1.807, 2.05) is 30.5 Å². The largest absolute Gasteiger partial charge is 0.352 e. The van der Waals surface area contributed by atoms with E-state index >= 15 is 0 Å². The van der Waals surface area contributed by atoms with Gasteiger partial charge in [-0.05, 0) is 42.5 Å². The third-order valence-corrected chi connectivity index (χ3v) is 4.98. The first kappa shape index (κ1) is 17.2. The Hall–Kier alpha value is -3.21. The van der Waals surface area contributed by atoms with Gasteiger partial charge >= 0.3 is 0 Å². The maximum atomic E-state index is 12.3. The average molecular weight is 358 g/mol. The van der Waals surface area contributed by atoms with Gasteiger partial charge in [0.1, 0.15) is 0 Å². The number of nitrogens with one attached hydrogen (secondary N) is 2. The Morgan fingerprint density at radius 3 is 2.63 bits per heavy atom. The van der Waals surface area contributed by atoms with Crippen molar-refractivity contribution in [3.8, 4) is 22.4 Å². The van der Waals surface area contributed by atoms with Crippen LogP contribution in [-0.2, 0) is 11.3 Å². The summed E-state index contributed by atoms with van der Waals surface area (Å²) in [6.07, 6.45) is 12.4. The fourth-order valence-corrected chi connectivity index (χ4v) is 3.41. The van der Waals surface area contributed by atoms with Crippen molar-refractivity contribution in [1.82, 2.24) is 20.5 Å². The number of nitrogens with zero attached hydrogens (tertiary/aromatic N) is 2. The smallest absolute Gasteiger partial charge is 0.223 e. The number of aromatic amines is 1. The van der Waals surface area contributed by atoms with Crippen LogP contribution >= 0.6 is 0 Å². The van der Waals surface area contributed by atoms with Crippen LogP contribution in [-0.4, -0.2) is 21.1 Å². The number of hydrogen-bond acceptors (Lipinski definition) is 3. The van der Waals surface area contributed by atoms with E-state index in [-0.39, 0.29) is 11.8 Å². The van der Waals surface area contributed by atoms with E-state index in [9.17, 15) is 4.79 Å². The molecule has 2 heterocycles. The highest BCUT2D eigenvalue weighted by Gasteiger charge is 2.18. The molecule has 0 aliphatic heterocycles. The molecule has 0 spiro atoms. The standard InChI is InChI=1S/C22H22N4O/c27-22(19-4-2-1-3-5-19)24-14-16-6-8-18(9-7-16)21-20(15-25-26-21)17-10-12-23-13-11-17/h1-2,6-13,15,19H,3-5,14H2,(H,24,27)(H,25,26)/t19-/m1/s1. The van der Waals surface area contributed by atoms with Gasteiger partial charge in [0.2, 0.25) is 5.91 Å². The van der Waals surface area contributed by atoms with Crippen molar-refractivity contribution in [2.75, 3.05) is 0 Å². The molecule has 1 aromatic carbocycles. The molecule has 1 atom stereocenters. The minimum Gasteiger partial charge on any atom is -0.352 e. The van der Waals surface area contributed by atoms with Crippen LogP contribution in [0.5, 0.6) is 0 Å². The van der Waals surface area contributed by atoms with Gasteiger partial charge in [-0.25, -0.2) is 0 Å². The van der Waals surface area contributed by atoms with E-state index in [0.717, 1.165) is 47.2 Å². The topological polar surface area (TPSA) is 70.7 Å². The van der Waals surface area contributed by atoms with Crippen molar-refractivity contribution in [2.24, 2.45) is 5.92 Å². The zero-order valence-corrected chi connectivity index (χ0v) is 15.1. The van der Waals surface area contributed by atoms with Crippen molar-refractivity contribution in [3.63, 3.8) is 0 Å². The number of carbonyl (C=O) groups excluding carboxylic acids is 1. The molecule has 4 rings (SSSR count). The summed E-state index contributed by atoms with van der Waals surface area (Å²) < 4.78 is 0. The van der Waals surface area contributed by atoms with Crippen LogP contribution in [0.4, 0.5) is 0 Å². The first-order valence-electron chi connectivity index (χ1n) is 9.27. The highest BCUT2D eigenvalue weighted by atomic mass is 16.1. The van der Waals surface area contributed by atoms with Gasteiger partial charge in [-0.3, -0.25) is 14.9 Å². The summed E-state index contributed by atoms with van der Waals surface area (Å²) in [6, 6.07) is 12.2. The monoisotopic (exact) mass is 358 g/mol. The number of amides is 1. The number of carbonyl (C=O) groups is 1. The van der Waals surface area contributed by atoms with Gasteiger partial charge in [-0.15, -0.1) is 0 Å². The highest BCUT2D eigenvalue weighted by molar-refractivity contribution is 5.80. The zero-order chi connectivity index (χ0) is 18.5. The van der Waals surface area contributed by atoms with E-state index in [1.54, 1.807) is 12.4 Å².